The molecule has 0 radical (unpaired) electrons. The largest absolute Gasteiger partial charge is 0.376 e. The Morgan fingerprint density at radius 1 is 1.09 bits per heavy atom. The van der Waals surface area contributed by atoms with E-state index in [1.165, 1.54) is 5.56 Å². The molecule has 0 spiro atoms. The first-order valence-corrected chi connectivity index (χ1v) is 8.45. The maximum absolute atomic E-state index is 12.1. The van der Waals surface area contributed by atoms with E-state index >= 15 is 0 Å². The molecule has 2 N–H and O–H groups in total. The molecule has 0 aliphatic carbocycles. The molecular weight excluding hydrogens is 352 g/mol. The van der Waals surface area contributed by atoms with Crippen molar-refractivity contribution in [2.75, 3.05) is 17.2 Å². The van der Waals surface area contributed by atoms with Crippen LogP contribution in [0.4, 0.5) is 11.4 Å². The molecule has 4 heteroatoms. The molecule has 0 saturated carbocycles. The van der Waals surface area contributed by atoms with E-state index < -0.39 is 0 Å². The van der Waals surface area contributed by atoms with Gasteiger partial charge >= 0.3 is 0 Å². The van der Waals surface area contributed by atoms with E-state index in [2.05, 4.69) is 59.5 Å². The highest BCUT2D eigenvalue weighted by Gasteiger charge is 2.13. The minimum absolute atomic E-state index is 0.0599. The smallest absolute Gasteiger partial charge is 0.243 e. The zero-order valence-electron chi connectivity index (χ0n) is 14.0. The van der Waals surface area contributed by atoms with Gasteiger partial charge in [-0.15, -0.1) is 0 Å². The maximum atomic E-state index is 12.1. The van der Waals surface area contributed by atoms with E-state index in [0.29, 0.717) is 0 Å². The van der Waals surface area contributed by atoms with E-state index in [1.807, 2.05) is 37.3 Å². The van der Waals surface area contributed by atoms with Crippen molar-refractivity contribution in [3.05, 3.63) is 58.1 Å². The van der Waals surface area contributed by atoms with Crippen LogP contribution < -0.4 is 10.6 Å². The van der Waals surface area contributed by atoms with Gasteiger partial charge in [0, 0.05) is 15.8 Å². The summed E-state index contributed by atoms with van der Waals surface area (Å²) in [6, 6.07) is 14.0. The van der Waals surface area contributed by atoms with Gasteiger partial charge in [-0.2, -0.15) is 0 Å². The van der Waals surface area contributed by atoms with Crippen LogP contribution in [0.5, 0.6) is 0 Å². The van der Waals surface area contributed by atoms with Crippen LogP contribution in [0.25, 0.3) is 0 Å². The number of rotatable bonds is 4. The second-order valence-corrected chi connectivity index (χ2v) is 7.60. The van der Waals surface area contributed by atoms with Gasteiger partial charge in [0.1, 0.15) is 0 Å². The van der Waals surface area contributed by atoms with Crippen molar-refractivity contribution in [1.82, 2.24) is 0 Å². The molecule has 0 heterocycles. The number of benzene rings is 2. The molecule has 0 aliphatic rings. The molecule has 2 aromatic rings. The minimum atomic E-state index is -0.0599. The lowest BCUT2D eigenvalue weighted by molar-refractivity contribution is -0.114. The summed E-state index contributed by atoms with van der Waals surface area (Å²) in [6.07, 6.45) is 0. The molecular formula is C19H23BrN2O. The van der Waals surface area contributed by atoms with Crippen LogP contribution in [-0.2, 0) is 10.2 Å². The molecule has 0 unspecified atom stereocenters. The summed E-state index contributed by atoms with van der Waals surface area (Å²) < 4.78 is 1.00. The fourth-order valence-electron chi connectivity index (χ4n) is 2.23. The fraction of sp³-hybridized carbons (Fsp3) is 0.316. The molecule has 23 heavy (non-hydrogen) atoms. The summed E-state index contributed by atoms with van der Waals surface area (Å²) in [4.78, 5) is 12.1. The lowest BCUT2D eigenvalue weighted by Crippen LogP contribution is -2.22. The van der Waals surface area contributed by atoms with E-state index in [4.69, 9.17) is 0 Å². The zero-order valence-corrected chi connectivity index (χ0v) is 15.6. The van der Waals surface area contributed by atoms with Crippen LogP contribution in [0.3, 0.4) is 0 Å². The molecule has 3 nitrogen and oxygen atoms in total. The first-order valence-electron chi connectivity index (χ1n) is 7.66. The average Bonchev–Trinajstić information content (AvgIpc) is 2.47. The number of nitrogens with one attached hydrogen (secondary N) is 2. The molecule has 0 fully saturated rings. The van der Waals surface area contributed by atoms with Crippen LogP contribution in [0.15, 0.2) is 46.9 Å². The molecule has 0 bridgehead atoms. The highest BCUT2D eigenvalue weighted by molar-refractivity contribution is 9.10. The van der Waals surface area contributed by atoms with Crippen LogP contribution in [0.1, 0.15) is 31.9 Å². The van der Waals surface area contributed by atoms with Crippen LogP contribution in [0, 0.1) is 6.92 Å². The van der Waals surface area contributed by atoms with Gasteiger partial charge in [0.2, 0.25) is 5.91 Å². The summed E-state index contributed by atoms with van der Waals surface area (Å²) in [5.41, 5.74) is 4.22. The first kappa shape index (κ1) is 17.5. The number of amides is 1. The Labute approximate surface area is 146 Å². The monoisotopic (exact) mass is 374 g/mol. The lowest BCUT2D eigenvalue weighted by Gasteiger charge is -2.19. The lowest BCUT2D eigenvalue weighted by atomic mass is 9.87. The number of hydrogen-bond donors (Lipinski definition) is 2. The molecule has 0 aliphatic heterocycles. The highest BCUT2D eigenvalue weighted by Crippen LogP contribution is 2.23. The number of aryl methyl sites for hydroxylation is 1. The van der Waals surface area contributed by atoms with Gasteiger partial charge in [-0.1, -0.05) is 48.8 Å². The first-order chi connectivity index (χ1) is 10.8. The van der Waals surface area contributed by atoms with Crippen molar-refractivity contribution in [2.45, 2.75) is 33.1 Å². The molecule has 0 aromatic heterocycles. The average molecular weight is 375 g/mol. The van der Waals surface area contributed by atoms with Crippen molar-refractivity contribution in [3.63, 3.8) is 0 Å². The van der Waals surface area contributed by atoms with Crippen molar-refractivity contribution < 1.29 is 4.79 Å². The molecule has 0 saturated heterocycles. The van der Waals surface area contributed by atoms with Gasteiger partial charge in [0.15, 0.2) is 0 Å². The predicted octanol–water partition coefficient (Wildman–Crippen LogP) is 5.11. The standard InChI is InChI=1S/C19H23BrN2O/c1-13-11-15(20)7-10-17(13)22-18(23)12-21-16-8-5-14(6-9-16)19(2,3)4/h5-11,21H,12H2,1-4H3,(H,22,23). The quantitative estimate of drug-likeness (QED) is 0.780. The van der Waals surface area contributed by atoms with E-state index in [9.17, 15) is 4.79 Å². The molecule has 2 aromatic carbocycles. The zero-order chi connectivity index (χ0) is 17.0. The SMILES string of the molecule is Cc1cc(Br)ccc1NC(=O)CNc1ccc(C(C)(C)C)cc1. The van der Waals surface area contributed by atoms with Gasteiger partial charge in [0.25, 0.3) is 0 Å². The number of carbonyl (C=O) groups excluding carboxylic acids is 1. The third kappa shape index (κ3) is 5.10. The molecule has 0 atom stereocenters. The Hall–Kier alpha value is -1.81. The Bertz CT molecular complexity index is 688. The topological polar surface area (TPSA) is 41.1 Å². The second-order valence-electron chi connectivity index (χ2n) is 6.69. The normalized spacial score (nSPS) is 11.2. The van der Waals surface area contributed by atoms with E-state index in [0.717, 1.165) is 21.4 Å². The van der Waals surface area contributed by atoms with Crippen molar-refractivity contribution >= 4 is 33.2 Å². The van der Waals surface area contributed by atoms with Crippen molar-refractivity contribution in [2.24, 2.45) is 0 Å². The fourth-order valence-corrected chi connectivity index (χ4v) is 2.71. The maximum Gasteiger partial charge on any atom is 0.243 e. The Balaban J connectivity index is 1.91. The van der Waals surface area contributed by atoms with Crippen molar-refractivity contribution in [1.29, 1.82) is 0 Å². The van der Waals surface area contributed by atoms with E-state index in [1.54, 1.807) is 0 Å². The summed E-state index contributed by atoms with van der Waals surface area (Å²) in [5, 5.41) is 6.07. The van der Waals surface area contributed by atoms with Gasteiger partial charge in [0.05, 0.1) is 6.54 Å². The third-order valence-corrected chi connectivity index (χ3v) is 4.16. The van der Waals surface area contributed by atoms with Gasteiger partial charge in [-0.05, 0) is 53.8 Å². The highest BCUT2D eigenvalue weighted by atomic mass is 79.9. The predicted molar refractivity (Wildman–Crippen MR) is 101 cm³/mol. The minimum Gasteiger partial charge on any atom is -0.376 e. The number of halogens is 1. The third-order valence-electron chi connectivity index (χ3n) is 3.67. The summed E-state index contributed by atoms with van der Waals surface area (Å²) in [5.74, 6) is -0.0599. The Morgan fingerprint density at radius 2 is 1.74 bits per heavy atom. The van der Waals surface area contributed by atoms with Gasteiger partial charge < -0.3 is 10.6 Å². The molecule has 2 rings (SSSR count). The summed E-state index contributed by atoms with van der Waals surface area (Å²) in [7, 11) is 0. The Kier molecular flexibility index (Phi) is 5.47. The summed E-state index contributed by atoms with van der Waals surface area (Å²) in [6.45, 7) is 8.76. The summed E-state index contributed by atoms with van der Waals surface area (Å²) >= 11 is 3.42. The molecule has 1 amide bonds. The van der Waals surface area contributed by atoms with Gasteiger partial charge in [-0.25, -0.2) is 0 Å². The van der Waals surface area contributed by atoms with Crippen LogP contribution in [-0.4, -0.2) is 12.5 Å². The van der Waals surface area contributed by atoms with Crippen LogP contribution >= 0.6 is 15.9 Å². The number of carbonyl (C=O) groups is 1. The second kappa shape index (κ2) is 7.18. The molecule has 122 valence electrons. The van der Waals surface area contributed by atoms with Crippen LogP contribution in [0.2, 0.25) is 0 Å². The number of anilines is 2. The van der Waals surface area contributed by atoms with E-state index in [-0.39, 0.29) is 17.9 Å². The van der Waals surface area contributed by atoms with Gasteiger partial charge in [-0.3, -0.25) is 4.79 Å². The van der Waals surface area contributed by atoms with Crippen molar-refractivity contribution in [3.8, 4) is 0 Å². The number of hydrogen-bond acceptors (Lipinski definition) is 2. The Morgan fingerprint density at radius 3 is 2.30 bits per heavy atom.